The molecule has 0 aliphatic heterocycles. The van der Waals surface area contributed by atoms with Crippen molar-refractivity contribution in [3.63, 3.8) is 0 Å². The molecule has 1 aromatic heterocycles. The molecule has 0 aliphatic carbocycles. The Kier molecular flexibility index (Phi) is 5.77. The summed E-state index contributed by atoms with van der Waals surface area (Å²) in [6, 6.07) is 19.1. The molecule has 0 unspecified atom stereocenters. The van der Waals surface area contributed by atoms with E-state index in [0.717, 1.165) is 0 Å². The summed E-state index contributed by atoms with van der Waals surface area (Å²) >= 11 is 0. The summed E-state index contributed by atoms with van der Waals surface area (Å²) in [5.74, 6) is 0.685. The Morgan fingerprint density at radius 2 is 1.77 bits per heavy atom. The number of carbonyl (C=O) groups is 1. The van der Waals surface area contributed by atoms with Crippen LogP contribution in [0.2, 0.25) is 0 Å². The molecular weight excluding hydrogens is 333 g/mol. The molecule has 0 saturated heterocycles. The lowest BCUT2D eigenvalue weighted by atomic mass is 10.2. The van der Waals surface area contributed by atoms with E-state index in [-0.39, 0.29) is 18.3 Å². The van der Waals surface area contributed by atoms with Gasteiger partial charge in [0.05, 0.1) is 11.9 Å². The van der Waals surface area contributed by atoms with Crippen LogP contribution >= 0.6 is 0 Å². The van der Waals surface area contributed by atoms with Crippen molar-refractivity contribution in [2.45, 2.75) is 6.54 Å². The highest BCUT2D eigenvalue weighted by Crippen LogP contribution is 2.13. The van der Waals surface area contributed by atoms with Gasteiger partial charge >= 0.3 is 0 Å². The van der Waals surface area contributed by atoms with Gasteiger partial charge < -0.3 is 15.4 Å². The van der Waals surface area contributed by atoms with Crippen LogP contribution in [0.25, 0.3) is 0 Å². The monoisotopic (exact) mass is 351 g/mol. The van der Waals surface area contributed by atoms with Gasteiger partial charge in [0.2, 0.25) is 0 Å². The summed E-state index contributed by atoms with van der Waals surface area (Å²) in [5, 5.41) is 5.75. The number of para-hydroxylation sites is 1. The average Bonchev–Trinajstić information content (AvgIpc) is 2.68. The number of anilines is 2. The highest BCUT2D eigenvalue weighted by atomic mass is 19.1. The van der Waals surface area contributed by atoms with E-state index < -0.39 is 0 Å². The summed E-state index contributed by atoms with van der Waals surface area (Å²) in [4.78, 5) is 16.1. The molecule has 0 aliphatic rings. The van der Waals surface area contributed by atoms with Crippen molar-refractivity contribution in [2.75, 3.05) is 17.2 Å². The number of nitrogens with zero attached hydrogens (tertiary/aromatic N) is 1. The van der Waals surface area contributed by atoms with Crippen LogP contribution in [0.5, 0.6) is 5.75 Å². The highest BCUT2D eigenvalue weighted by molar-refractivity contribution is 5.91. The van der Waals surface area contributed by atoms with Crippen LogP contribution in [-0.2, 0) is 11.3 Å². The fourth-order valence-corrected chi connectivity index (χ4v) is 2.26. The minimum absolute atomic E-state index is 0.0860. The molecule has 0 spiro atoms. The zero-order valence-corrected chi connectivity index (χ0v) is 14.0. The van der Waals surface area contributed by atoms with Crippen molar-refractivity contribution in [3.8, 4) is 5.75 Å². The van der Waals surface area contributed by atoms with E-state index in [1.807, 2.05) is 18.2 Å². The van der Waals surface area contributed by atoms with Crippen LogP contribution in [0, 0.1) is 5.82 Å². The number of nitrogens with one attached hydrogen (secondary N) is 2. The quantitative estimate of drug-likeness (QED) is 0.679. The second-order valence-corrected chi connectivity index (χ2v) is 5.53. The Hall–Kier alpha value is -3.41. The third-order valence-electron chi connectivity index (χ3n) is 3.58. The predicted molar refractivity (Wildman–Crippen MR) is 98.5 cm³/mol. The van der Waals surface area contributed by atoms with Gasteiger partial charge in [-0.3, -0.25) is 4.79 Å². The number of hydrogen-bond donors (Lipinski definition) is 2. The van der Waals surface area contributed by atoms with E-state index in [0.29, 0.717) is 29.4 Å². The van der Waals surface area contributed by atoms with E-state index in [9.17, 15) is 9.18 Å². The Labute approximate surface area is 150 Å². The number of hydrogen-bond acceptors (Lipinski definition) is 4. The van der Waals surface area contributed by atoms with Crippen LogP contribution in [0.1, 0.15) is 5.56 Å². The average molecular weight is 351 g/mol. The smallest absolute Gasteiger partial charge is 0.262 e. The first-order valence-electron chi connectivity index (χ1n) is 8.12. The minimum Gasteiger partial charge on any atom is -0.484 e. The molecular formula is C20H18FN3O2. The summed E-state index contributed by atoms with van der Waals surface area (Å²) < 4.78 is 19.0. The normalized spacial score (nSPS) is 10.2. The third-order valence-corrected chi connectivity index (χ3v) is 3.58. The molecule has 1 heterocycles. The number of benzene rings is 2. The van der Waals surface area contributed by atoms with Crippen molar-refractivity contribution < 1.29 is 13.9 Å². The zero-order valence-electron chi connectivity index (χ0n) is 14.0. The van der Waals surface area contributed by atoms with Gasteiger partial charge in [0.1, 0.15) is 17.4 Å². The number of rotatable bonds is 7. The SMILES string of the molecule is O=C(COc1ccccc1)Nc1ccc(NCc2ccccc2F)nc1. The van der Waals surface area contributed by atoms with Crippen molar-refractivity contribution >= 4 is 17.4 Å². The van der Waals surface area contributed by atoms with Crippen LogP contribution in [0.15, 0.2) is 72.9 Å². The molecule has 2 N–H and O–H groups in total. The third kappa shape index (κ3) is 5.04. The number of carbonyl (C=O) groups excluding carboxylic acids is 1. The summed E-state index contributed by atoms with van der Waals surface area (Å²) in [6.45, 7) is 0.244. The molecule has 0 fully saturated rings. The van der Waals surface area contributed by atoms with Gasteiger partial charge in [-0.15, -0.1) is 0 Å². The zero-order chi connectivity index (χ0) is 18.2. The Morgan fingerprint density at radius 3 is 2.50 bits per heavy atom. The van der Waals surface area contributed by atoms with Gasteiger partial charge in [0.25, 0.3) is 5.91 Å². The van der Waals surface area contributed by atoms with Crippen LogP contribution in [-0.4, -0.2) is 17.5 Å². The lowest BCUT2D eigenvalue weighted by Crippen LogP contribution is -2.20. The van der Waals surface area contributed by atoms with Crippen molar-refractivity contribution in [3.05, 3.63) is 84.3 Å². The molecule has 0 radical (unpaired) electrons. The maximum absolute atomic E-state index is 13.6. The highest BCUT2D eigenvalue weighted by Gasteiger charge is 2.05. The maximum Gasteiger partial charge on any atom is 0.262 e. The van der Waals surface area contributed by atoms with E-state index in [2.05, 4.69) is 15.6 Å². The first kappa shape index (κ1) is 17.4. The molecule has 6 heteroatoms. The van der Waals surface area contributed by atoms with Gasteiger partial charge in [-0.25, -0.2) is 9.37 Å². The maximum atomic E-state index is 13.6. The van der Waals surface area contributed by atoms with Crippen LogP contribution in [0.3, 0.4) is 0 Å². The number of pyridine rings is 1. The van der Waals surface area contributed by atoms with Crippen molar-refractivity contribution in [1.82, 2.24) is 4.98 Å². The second-order valence-electron chi connectivity index (χ2n) is 5.53. The largest absolute Gasteiger partial charge is 0.484 e. The van der Waals surface area contributed by atoms with Crippen LogP contribution in [0.4, 0.5) is 15.9 Å². The fourth-order valence-electron chi connectivity index (χ4n) is 2.26. The lowest BCUT2D eigenvalue weighted by Gasteiger charge is -2.09. The van der Waals surface area contributed by atoms with Gasteiger partial charge in [-0.05, 0) is 30.3 Å². The molecule has 5 nitrogen and oxygen atoms in total. The standard InChI is InChI=1S/C20H18FN3O2/c21-18-9-5-4-6-15(18)12-22-19-11-10-16(13-23-19)24-20(25)14-26-17-7-2-1-3-8-17/h1-11,13H,12,14H2,(H,22,23)(H,24,25). The number of halogens is 1. The van der Waals surface area contributed by atoms with Crippen LogP contribution < -0.4 is 15.4 Å². The number of aromatic nitrogens is 1. The van der Waals surface area contributed by atoms with E-state index in [1.165, 1.54) is 12.3 Å². The Bertz CT molecular complexity index is 854. The second kappa shape index (κ2) is 8.62. The van der Waals surface area contributed by atoms with Gasteiger partial charge in [0, 0.05) is 12.1 Å². The predicted octanol–water partition coefficient (Wildman–Crippen LogP) is 3.85. The Balaban J connectivity index is 1.48. The summed E-state index contributed by atoms with van der Waals surface area (Å²) in [5.41, 5.74) is 1.12. The van der Waals surface area contributed by atoms with Crippen molar-refractivity contribution in [1.29, 1.82) is 0 Å². The fraction of sp³-hybridized carbons (Fsp3) is 0.100. The molecule has 0 bridgehead atoms. The number of amides is 1. The van der Waals surface area contributed by atoms with Gasteiger partial charge in [-0.2, -0.15) is 0 Å². The number of ether oxygens (including phenoxy) is 1. The molecule has 2 aromatic carbocycles. The van der Waals surface area contributed by atoms with Gasteiger partial charge in [-0.1, -0.05) is 36.4 Å². The topological polar surface area (TPSA) is 63.2 Å². The van der Waals surface area contributed by atoms with E-state index in [1.54, 1.807) is 42.5 Å². The first-order valence-corrected chi connectivity index (χ1v) is 8.12. The molecule has 0 atom stereocenters. The molecule has 0 saturated carbocycles. The lowest BCUT2D eigenvalue weighted by molar-refractivity contribution is -0.118. The Morgan fingerprint density at radius 1 is 1.00 bits per heavy atom. The molecule has 132 valence electrons. The minimum atomic E-state index is -0.275. The summed E-state index contributed by atoms with van der Waals surface area (Å²) in [7, 11) is 0. The first-order chi connectivity index (χ1) is 12.7. The van der Waals surface area contributed by atoms with Gasteiger partial charge in [0.15, 0.2) is 6.61 Å². The van der Waals surface area contributed by atoms with E-state index in [4.69, 9.17) is 4.74 Å². The van der Waals surface area contributed by atoms with E-state index >= 15 is 0 Å². The van der Waals surface area contributed by atoms with Crippen molar-refractivity contribution in [2.24, 2.45) is 0 Å². The molecule has 3 aromatic rings. The summed E-state index contributed by atoms with van der Waals surface area (Å²) in [6.07, 6.45) is 1.53. The molecule has 26 heavy (non-hydrogen) atoms. The molecule has 1 amide bonds. The molecule has 3 rings (SSSR count).